The first-order valence-corrected chi connectivity index (χ1v) is 4.71. The van der Waals surface area contributed by atoms with Crippen molar-refractivity contribution in [1.82, 2.24) is 0 Å². The third-order valence-corrected chi connectivity index (χ3v) is 1.66. The highest BCUT2D eigenvalue weighted by atomic mass is 32.2. The fourth-order valence-electron chi connectivity index (χ4n) is 0.356. The first-order valence-electron chi connectivity index (χ1n) is 2.89. The van der Waals surface area contributed by atoms with E-state index in [0.717, 1.165) is 6.26 Å². The zero-order valence-corrected chi connectivity index (χ0v) is 7.05. The third-order valence-electron chi connectivity index (χ3n) is 1.01. The molecule has 0 spiro atoms. The molecule has 62 valence electrons. The largest absolute Gasteiger partial charge is 0.391 e. The van der Waals surface area contributed by atoms with Crippen molar-refractivity contribution in [1.29, 1.82) is 0 Å². The SMILES string of the molecule is CC(O)C(C)OS(C)(=O)=O. The first-order chi connectivity index (χ1) is 4.33. The molecule has 5 heteroatoms. The minimum atomic E-state index is -3.43. The fourth-order valence-corrected chi connectivity index (χ4v) is 1.07. The summed E-state index contributed by atoms with van der Waals surface area (Å²) in [7, 11) is -3.43. The fraction of sp³-hybridized carbons (Fsp3) is 1.00. The van der Waals surface area contributed by atoms with Gasteiger partial charge in [0.1, 0.15) is 0 Å². The van der Waals surface area contributed by atoms with E-state index in [2.05, 4.69) is 4.18 Å². The van der Waals surface area contributed by atoms with Crippen LogP contribution in [0.5, 0.6) is 0 Å². The van der Waals surface area contributed by atoms with Crippen molar-refractivity contribution >= 4 is 10.1 Å². The minimum Gasteiger partial charge on any atom is -0.391 e. The van der Waals surface area contributed by atoms with Gasteiger partial charge >= 0.3 is 0 Å². The first kappa shape index (κ1) is 9.87. The van der Waals surface area contributed by atoms with Crippen LogP contribution in [0.4, 0.5) is 0 Å². The number of hydrogen-bond acceptors (Lipinski definition) is 4. The Kier molecular flexibility index (Phi) is 3.27. The maximum atomic E-state index is 10.4. The van der Waals surface area contributed by atoms with E-state index >= 15 is 0 Å². The van der Waals surface area contributed by atoms with Crippen LogP contribution in [-0.2, 0) is 14.3 Å². The zero-order valence-electron chi connectivity index (χ0n) is 6.23. The molecule has 0 aromatic heterocycles. The highest BCUT2D eigenvalue weighted by molar-refractivity contribution is 7.86. The summed E-state index contributed by atoms with van der Waals surface area (Å²) in [5.41, 5.74) is 0. The van der Waals surface area contributed by atoms with Gasteiger partial charge in [-0.05, 0) is 13.8 Å². The topological polar surface area (TPSA) is 63.6 Å². The normalized spacial score (nSPS) is 18.4. The van der Waals surface area contributed by atoms with Crippen molar-refractivity contribution in [2.45, 2.75) is 26.1 Å². The summed E-state index contributed by atoms with van der Waals surface area (Å²) in [6.07, 6.45) is -0.490. The average molecular weight is 168 g/mol. The summed E-state index contributed by atoms with van der Waals surface area (Å²) >= 11 is 0. The Hall–Kier alpha value is -0.130. The average Bonchev–Trinajstić information content (AvgIpc) is 1.60. The van der Waals surface area contributed by atoms with Crippen LogP contribution < -0.4 is 0 Å². The van der Waals surface area contributed by atoms with Gasteiger partial charge in [-0.1, -0.05) is 0 Å². The van der Waals surface area contributed by atoms with Crippen LogP contribution in [-0.4, -0.2) is 32.0 Å². The molecule has 0 aliphatic heterocycles. The predicted molar refractivity (Wildman–Crippen MR) is 37.1 cm³/mol. The number of rotatable bonds is 3. The van der Waals surface area contributed by atoms with Crippen molar-refractivity contribution in [2.75, 3.05) is 6.26 Å². The molecule has 10 heavy (non-hydrogen) atoms. The Morgan fingerprint density at radius 1 is 1.40 bits per heavy atom. The van der Waals surface area contributed by atoms with E-state index in [9.17, 15) is 8.42 Å². The van der Waals surface area contributed by atoms with Gasteiger partial charge in [0.05, 0.1) is 18.5 Å². The zero-order chi connectivity index (χ0) is 8.36. The van der Waals surface area contributed by atoms with Crippen LogP contribution in [0.25, 0.3) is 0 Å². The number of aliphatic hydroxyl groups excluding tert-OH is 1. The molecule has 0 aromatic carbocycles. The van der Waals surface area contributed by atoms with E-state index in [4.69, 9.17) is 5.11 Å². The van der Waals surface area contributed by atoms with Crippen molar-refractivity contribution in [3.63, 3.8) is 0 Å². The van der Waals surface area contributed by atoms with Gasteiger partial charge in [-0.15, -0.1) is 0 Å². The van der Waals surface area contributed by atoms with Gasteiger partial charge in [0, 0.05) is 0 Å². The molecule has 0 saturated carbocycles. The summed E-state index contributed by atoms with van der Waals surface area (Å²) in [5.74, 6) is 0. The molecule has 4 nitrogen and oxygen atoms in total. The highest BCUT2D eigenvalue weighted by Gasteiger charge is 2.14. The summed E-state index contributed by atoms with van der Waals surface area (Å²) in [6.45, 7) is 2.96. The lowest BCUT2D eigenvalue weighted by molar-refractivity contribution is 0.0653. The van der Waals surface area contributed by atoms with Crippen LogP contribution >= 0.6 is 0 Å². The minimum absolute atomic E-state index is 0.671. The van der Waals surface area contributed by atoms with Crippen molar-refractivity contribution < 1.29 is 17.7 Å². The molecule has 0 heterocycles. The molecule has 0 fully saturated rings. The molecule has 2 atom stereocenters. The van der Waals surface area contributed by atoms with Gasteiger partial charge in [-0.3, -0.25) is 4.18 Å². The lowest BCUT2D eigenvalue weighted by Crippen LogP contribution is -2.25. The van der Waals surface area contributed by atoms with Crippen LogP contribution in [0.2, 0.25) is 0 Å². The Morgan fingerprint density at radius 3 is 1.90 bits per heavy atom. The van der Waals surface area contributed by atoms with E-state index in [0.29, 0.717) is 0 Å². The van der Waals surface area contributed by atoms with Gasteiger partial charge < -0.3 is 5.11 Å². The molecular formula is C5H12O4S. The van der Waals surface area contributed by atoms with Gasteiger partial charge in [0.25, 0.3) is 10.1 Å². The van der Waals surface area contributed by atoms with E-state index in [1.165, 1.54) is 13.8 Å². The molecule has 0 rings (SSSR count). The van der Waals surface area contributed by atoms with Gasteiger partial charge in [-0.25, -0.2) is 0 Å². The lowest BCUT2D eigenvalue weighted by Gasteiger charge is -2.12. The summed E-state index contributed by atoms with van der Waals surface area (Å²) in [6, 6.07) is 0. The summed E-state index contributed by atoms with van der Waals surface area (Å²) in [5, 5.41) is 8.79. The molecule has 0 saturated heterocycles. The Balaban J connectivity index is 3.93. The molecule has 0 radical (unpaired) electrons. The van der Waals surface area contributed by atoms with Crippen LogP contribution in [0.15, 0.2) is 0 Å². The lowest BCUT2D eigenvalue weighted by atomic mass is 10.3. The third kappa shape index (κ3) is 4.72. The van der Waals surface area contributed by atoms with E-state index < -0.39 is 22.3 Å². The molecule has 0 amide bonds. The molecular weight excluding hydrogens is 156 g/mol. The number of hydrogen-bond donors (Lipinski definition) is 1. The van der Waals surface area contributed by atoms with Crippen LogP contribution in [0.1, 0.15) is 13.8 Å². The van der Waals surface area contributed by atoms with E-state index in [1.807, 2.05) is 0 Å². The second-order valence-corrected chi connectivity index (χ2v) is 3.85. The Labute approximate surface area is 60.9 Å². The quantitative estimate of drug-likeness (QED) is 0.589. The molecule has 0 aliphatic rings. The monoisotopic (exact) mass is 168 g/mol. The highest BCUT2D eigenvalue weighted by Crippen LogP contribution is 2.00. The van der Waals surface area contributed by atoms with Crippen molar-refractivity contribution in [3.05, 3.63) is 0 Å². The molecule has 0 aliphatic carbocycles. The second kappa shape index (κ2) is 3.32. The molecule has 2 unspecified atom stereocenters. The maximum Gasteiger partial charge on any atom is 0.264 e. The maximum absolute atomic E-state index is 10.4. The van der Waals surface area contributed by atoms with Gasteiger partial charge in [0.15, 0.2) is 0 Å². The van der Waals surface area contributed by atoms with Crippen molar-refractivity contribution in [2.24, 2.45) is 0 Å². The Bertz CT molecular complexity index is 182. The smallest absolute Gasteiger partial charge is 0.264 e. The molecule has 1 N–H and O–H groups in total. The summed E-state index contributed by atoms with van der Waals surface area (Å²) in [4.78, 5) is 0. The van der Waals surface area contributed by atoms with Crippen molar-refractivity contribution in [3.8, 4) is 0 Å². The molecule has 0 aromatic rings. The molecule has 0 bridgehead atoms. The van der Waals surface area contributed by atoms with Crippen LogP contribution in [0.3, 0.4) is 0 Å². The van der Waals surface area contributed by atoms with Gasteiger partial charge in [-0.2, -0.15) is 8.42 Å². The summed E-state index contributed by atoms with van der Waals surface area (Å²) < 4.78 is 25.2. The Morgan fingerprint density at radius 2 is 1.80 bits per heavy atom. The number of aliphatic hydroxyl groups is 1. The van der Waals surface area contributed by atoms with E-state index in [1.54, 1.807) is 0 Å². The second-order valence-electron chi connectivity index (χ2n) is 2.25. The standard InChI is InChI=1S/C5H12O4S/c1-4(6)5(2)9-10(3,7)8/h4-6H,1-3H3. The van der Waals surface area contributed by atoms with Crippen LogP contribution in [0, 0.1) is 0 Å². The predicted octanol–water partition coefficient (Wildman–Crippen LogP) is -0.268. The van der Waals surface area contributed by atoms with Gasteiger partial charge in [0.2, 0.25) is 0 Å². The van der Waals surface area contributed by atoms with E-state index in [-0.39, 0.29) is 0 Å².